The van der Waals surface area contributed by atoms with E-state index < -0.39 is 6.10 Å². The molecule has 0 fully saturated rings. The predicted molar refractivity (Wildman–Crippen MR) is 92.2 cm³/mol. The Morgan fingerprint density at radius 2 is 1.95 bits per heavy atom. The summed E-state index contributed by atoms with van der Waals surface area (Å²) in [6, 6.07) is 7.91. The fourth-order valence-electron chi connectivity index (χ4n) is 2.49. The Bertz CT molecular complexity index is 445. The van der Waals surface area contributed by atoms with Gasteiger partial charge in [0.1, 0.15) is 5.75 Å². The molecule has 0 bridgehead atoms. The molecular formula is C19H31NO2. The average molecular weight is 305 g/mol. The van der Waals surface area contributed by atoms with Crippen molar-refractivity contribution in [1.82, 2.24) is 5.32 Å². The summed E-state index contributed by atoms with van der Waals surface area (Å²) in [4.78, 5) is 12.2. The number of amides is 1. The highest BCUT2D eigenvalue weighted by molar-refractivity contribution is 5.80. The van der Waals surface area contributed by atoms with E-state index in [0.717, 1.165) is 30.7 Å². The van der Waals surface area contributed by atoms with E-state index in [1.807, 2.05) is 31.2 Å². The van der Waals surface area contributed by atoms with Gasteiger partial charge in [0.25, 0.3) is 5.91 Å². The molecule has 0 aliphatic carbocycles. The topological polar surface area (TPSA) is 38.3 Å². The standard InChI is InChI=1S/C19H31NO2/c1-5-8-11-16(6-2)14-20-19(21)15(4)22-18-13-10-9-12-17(18)7-3/h9-10,12-13,15-16H,5-8,11,14H2,1-4H3,(H,20,21)/t15-,16-/m0/s1. The second-order valence-electron chi connectivity index (χ2n) is 5.88. The number of benzene rings is 1. The van der Waals surface area contributed by atoms with Crippen LogP contribution in [0.2, 0.25) is 0 Å². The van der Waals surface area contributed by atoms with E-state index in [-0.39, 0.29) is 5.91 Å². The summed E-state index contributed by atoms with van der Waals surface area (Å²) in [5.74, 6) is 1.35. The lowest BCUT2D eigenvalue weighted by Crippen LogP contribution is -2.39. The molecule has 0 spiro atoms. The number of unbranched alkanes of at least 4 members (excludes halogenated alkanes) is 1. The molecule has 1 N–H and O–H groups in total. The molecule has 1 aromatic carbocycles. The van der Waals surface area contributed by atoms with Crippen LogP contribution in [0.4, 0.5) is 0 Å². The van der Waals surface area contributed by atoms with Crippen molar-refractivity contribution in [1.29, 1.82) is 0 Å². The van der Waals surface area contributed by atoms with Gasteiger partial charge < -0.3 is 10.1 Å². The highest BCUT2D eigenvalue weighted by Gasteiger charge is 2.17. The fourth-order valence-corrected chi connectivity index (χ4v) is 2.49. The van der Waals surface area contributed by atoms with Crippen LogP contribution in [0.3, 0.4) is 0 Å². The number of para-hydroxylation sites is 1. The molecule has 0 saturated carbocycles. The Labute approximate surface area is 135 Å². The van der Waals surface area contributed by atoms with Gasteiger partial charge in [-0.2, -0.15) is 0 Å². The lowest BCUT2D eigenvalue weighted by Gasteiger charge is -2.19. The quantitative estimate of drug-likeness (QED) is 0.698. The third kappa shape index (κ3) is 6.08. The number of carbonyl (C=O) groups is 1. The number of aryl methyl sites for hydroxylation is 1. The van der Waals surface area contributed by atoms with Crippen molar-refractivity contribution in [2.24, 2.45) is 5.92 Å². The van der Waals surface area contributed by atoms with Gasteiger partial charge >= 0.3 is 0 Å². The summed E-state index contributed by atoms with van der Waals surface area (Å²) in [7, 11) is 0. The summed E-state index contributed by atoms with van der Waals surface area (Å²) >= 11 is 0. The number of carbonyl (C=O) groups excluding carboxylic acids is 1. The molecule has 124 valence electrons. The van der Waals surface area contributed by atoms with Gasteiger partial charge in [-0.3, -0.25) is 4.79 Å². The van der Waals surface area contributed by atoms with Crippen LogP contribution in [0.1, 0.15) is 58.9 Å². The molecule has 0 aliphatic rings. The van der Waals surface area contributed by atoms with Crippen LogP contribution >= 0.6 is 0 Å². The SMILES string of the molecule is CCCC[C@H](CC)CNC(=O)[C@H](C)Oc1ccccc1CC. The van der Waals surface area contributed by atoms with E-state index in [1.54, 1.807) is 0 Å². The van der Waals surface area contributed by atoms with Crippen molar-refractivity contribution >= 4 is 5.91 Å². The van der Waals surface area contributed by atoms with Crippen LogP contribution in [0.25, 0.3) is 0 Å². The highest BCUT2D eigenvalue weighted by Crippen LogP contribution is 2.19. The van der Waals surface area contributed by atoms with Crippen molar-refractivity contribution in [3.63, 3.8) is 0 Å². The Morgan fingerprint density at radius 3 is 2.59 bits per heavy atom. The van der Waals surface area contributed by atoms with Gasteiger partial charge in [-0.25, -0.2) is 0 Å². The van der Waals surface area contributed by atoms with Crippen molar-refractivity contribution in [2.75, 3.05) is 6.54 Å². The molecule has 1 rings (SSSR count). The molecule has 0 unspecified atom stereocenters. The van der Waals surface area contributed by atoms with Gasteiger partial charge in [0.2, 0.25) is 0 Å². The number of hydrogen-bond acceptors (Lipinski definition) is 2. The van der Waals surface area contributed by atoms with Crippen molar-refractivity contribution in [3.05, 3.63) is 29.8 Å². The minimum absolute atomic E-state index is 0.0270. The van der Waals surface area contributed by atoms with Gasteiger partial charge in [0.05, 0.1) is 0 Å². The van der Waals surface area contributed by atoms with Gasteiger partial charge in [0, 0.05) is 6.54 Å². The Balaban J connectivity index is 2.47. The van der Waals surface area contributed by atoms with Crippen LogP contribution < -0.4 is 10.1 Å². The highest BCUT2D eigenvalue weighted by atomic mass is 16.5. The zero-order valence-corrected chi connectivity index (χ0v) is 14.5. The molecule has 0 saturated heterocycles. The summed E-state index contributed by atoms with van der Waals surface area (Å²) in [6.07, 6.45) is 5.16. The molecule has 22 heavy (non-hydrogen) atoms. The maximum absolute atomic E-state index is 12.2. The Kier molecular flexibility index (Phi) is 8.64. The summed E-state index contributed by atoms with van der Waals surface area (Å²) < 4.78 is 5.83. The van der Waals surface area contributed by atoms with Gasteiger partial charge in [-0.05, 0) is 37.3 Å². The number of hydrogen-bond donors (Lipinski definition) is 1. The first kappa shape index (κ1) is 18.5. The average Bonchev–Trinajstić information content (AvgIpc) is 2.55. The minimum atomic E-state index is -0.462. The molecule has 0 heterocycles. The molecule has 1 aromatic rings. The number of rotatable bonds is 10. The van der Waals surface area contributed by atoms with E-state index in [0.29, 0.717) is 5.92 Å². The van der Waals surface area contributed by atoms with Crippen LogP contribution in [0, 0.1) is 5.92 Å². The zero-order chi connectivity index (χ0) is 16.4. The second kappa shape index (κ2) is 10.3. The van der Waals surface area contributed by atoms with Crippen molar-refractivity contribution < 1.29 is 9.53 Å². The summed E-state index contributed by atoms with van der Waals surface area (Å²) in [5, 5.41) is 3.04. The lowest BCUT2D eigenvalue weighted by molar-refractivity contribution is -0.127. The maximum Gasteiger partial charge on any atom is 0.260 e. The first-order chi connectivity index (χ1) is 10.6. The minimum Gasteiger partial charge on any atom is -0.481 e. The van der Waals surface area contributed by atoms with E-state index >= 15 is 0 Å². The maximum atomic E-state index is 12.2. The van der Waals surface area contributed by atoms with Crippen molar-refractivity contribution in [3.8, 4) is 5.75 Å². The normalized spacial score (nSPS) is 13.5. The van der Waals surface area contributed by atoms with E-state index in [4.69, 9.17) is 4.74 Å². The third-order valence-electron chi connectivity index (χ3n) is 4.13. The number of nitrogens with one attached hydrogen (secondary N) is 1. The van der Waals surface area contributed by atoms with Crippen LogP contribution in [0.15, 0.2) is 24.3 Å². The second-order valence-corrected chi connectivity index (χ2v) is 5.88. The smallest absolute Gasteiger partial charge is 0.260 e. The van der Waals surface area contributed by atoms with Gasteiger partial charge in [0.15, 0.2) is 6.10 Å². The lowest BCUT2D eigenvalue weighted by atomic mass is 9.99. The van der Waals surface area contributed by atoms with Crippen LogP contribution in [-0.4, -0.2) is 18.6 Å². The predicted octanol–water partition coefficient (Wildman–Crippen LogP) is 4.35. The fraction of sp³-hybridized carbons (Fsp3) is 0.632. The van der Waals surface area contributed by atoms with Crippen molar-refractivity contribution in [2.45, 2.75) is 65.9 Å². The van der Waals surface area contributed by atoms with E-state index in [9.17, 15) is 4.79 Å². The first-order valence-corrected chi connectivity index (χ1v) is 8.64. The number of ether oxygens (including phenoxy) is 1. The summed E-state index contributed by atoms with van der Waals surface area (Å²) in [6.45, 7) is 9.04. The zero-order valence-electron chi connectivity index (χ0n) is 14.5. The van der Waals surface area contributed by atoms with E-state index in [1.165, 1.54) is 19.3 Å². The molecule has 3 nitrogen and oxygen atoms in total. The Morgan fingerprint density at radius 1 is 1.23 bits per heavy atom. The molecular weight excluding hydrogens is 274 g/mol. The van der Waals surface area contributed by atoms with E-state index in [2.05, 4.69) is 26.1 Å². The molecule has 2 atom stereocenters. The molecule has 3 heteroatoms. The molecule has 0 aliphatic heterocycles. The largest absolute Gasteiger partial charge is 0.481 e. The molecule has 0 radical (unpaired) electrons. The Hall–Kier alpha value is -1.51. The first-order valence-electron chi connectivity index (χ1n) is 8.64. The molecule has 1 amide bonds. The van der Waals surface area contributed by atoms with Gasteiger partial charge in [-0.15, -0.1) is 0 Å². The van der Waals surface area contributed by atoms with Crippen LogP contribution in [-0.2, 0) is 11.2 Å². The summed E-state index contributed by atoms with van der Waals surface area (Å²) in [5.41, 5.74) is 1.14. The van der Waals surface area contributed by atoms with Crippen LogP contribution in [0.5, 0.6) is 5.75 Å². The molecule has 0 aromatic heterocycles. The third-order valence-corrected chi connectivity index (χ3v) is 4.13. The van der Waals surface area contributed by atoms with Gasteiger partial charge in [-0.1, -0.05) is 58.2 Å². The monoisotopic (exact) mass is 305 g/mol.